The minimum atomic E-state index is -0.538. The number of anilines is 2. The zero-order chi connectivity index (χ0) is 17.6. The standard InChI is InChI=1S/C20H21F2NO2/c21-16-6-10-18(11-7-16)23(19-12-8-17(22)9-13-19)20(24)25-14-15-4-2-1-3-5-15/h6-13,15H,1-5,14H2. The highest BCUT2D eigenvalue weighted by Gasteiger charge is 2.22. The third-order valence-corrected chi connectivity index (χ3v) is 4.52. The first-order valence-corrected chi connectivity index (χ1v) is 8.61. The Balaban J connectivity index is 1.78. The van der Waals surface area contributed by atoms with E-state index >= 15 is 0 Å². The van der Waals surface area contributed by atoms with Crippen LogP contribution in [0.25, 0.3) is 0 Å². The number of hydrogen-bond donors (Lipinski definition) is 0. The van der Waals surface area contributed by atoms with Crippen LogP contribution in [0.2, 0.25) is 0 Å². The van der Waals surface area contributed by atoms with Crippen molar-refractivity contribution < 1.29 is 18.3 Å². The summed E-state index contributed by atoms with van der Waals surface area (Å²) >= 11 is 0. The summed E-state index contributed by atoms with van der Waals surface area (Å²) in [7, 11) is 0. The number of carbonyl (C=O) groups is 1. The summed E-state index contributed by atoms with van der Waals surface area (Å²) < 4.78 is 31.9. The second kappa shape index (κ2) is 8.10. The summed E-state index contributed by atoms with van der Waals surface area (Å²) in [5, 5.41) is 0. The van der Waals surface area contributed by atoms with Gasteiger partial charge in [0.2, 0.25) is 0 Å². The number of carbonyl (C=O) groups excluding carboxylic acids is 1. The quantitative estimate of drug-likeness (QED) is 0.699. The van der Waals surface area contributed by atoms with Gasteiger partial charge in [0.1, 0.15) is 11.6 Å². The molecule has 0 atom stereocenters. The Kier molecular flexibility index (Phi) is 5.64. The largest absolute Gasteiger partial charge is 0.449 e. The van der Waals surface area contributed by atoms with Crippen molar-refractivity contribution in [1.29, 1.82) is 0 Å². The second-order valence-electron chi connectivity index (χ2n) is 6.37. The summed E-state index contributed by atoms with van der Waals surface area (Å²) in [5.74, 6) is -0.391. The third-order valence-electron chi connectivity index (χ3n) is 4.52. The molecule has 3 rings (SSSR count). The lowest BCUT2D eigenvalue weighted by Gasteiger charge is -2.25. The molecule has 0 bridgehead atoms. The lowest BCUT2D eigenvalue weighted by molar-refractivity contribution is 0.124. The highest BCUT2D eigenvalue weighted by Crippen LogP contribution is 2.28. The van der Waals surface area contributed by atoms with Gasteiger partial charge in [0, 0.05) is 0 Å². The SMILES string of the molecule is O=C(OCC1CCCCC1)N(c1ccc(F)cc1)c1ccc(F)cc1. The van der Waals surface area contributed by atoms with Gasteiger partial charge in [0.15, 0.2) is 0 Å². The van der Waals surface area contributed by atoms with E-state index in [0.29, 0.717) is 23.9 Å². The number of nitrogens with zero attached hydrogens (tertiary/aromatic N) is 1. The van der Waals surface area contributed by atoms with E-state index in [0.717, 1.165) is 12.8 Å². The van der Waals surface area contributed by atoms with Crippen LogP contribution in [0.5, 0.6) is 0 Å². The normalized spacial score (nSPS) is 15.0. The molecule has 0 radical (unpaired) electrons. The van der Waals surface area contributed by atoms with E-state index in [4.69, 9.17) is 4.74 Å². The van der Waals surface area contributed by atoms with E-state index < -0.39 is 17.7 Å². The van der Waals surface area contributed by atoms with Gasteiger partial charge in [-0.2, -0.15) is 0 Å². The fraction of sp³-hybridized carbons (Fsp3) is 0.350. The van der Waals surface area contributed by atoms with Crippen molar-refractivity contribution in [2.45, 2.75) is 32.1 Å². The van der Waals surface area contributed by atoms with E-state index in [2.05, 4.69) is 0 Å². The van der Waals surface area contributed by atoms with E-state index in [1.54, 1.807) is 0 Å². The van der Waals surface area contributed by atoms with Gasteiger partial charge in [-0.05, 0) is 67.3 Å². The number of rotatable bonds is 4. The molecule has 1 amide bonds. The molecular weight excluding hydrogens is 324 g/mol. The molecule has 1 aliphatic carbocycles. The average molecular weight is 345 g/mol. The van der Waals surface area contributed by atoms with Crippen LogP contribution in [0, 0.1) is 17.6 Å². The Morgan fingerprint density at radius 1 is 0.880 bits per heavy atom. The van der Waals surface area contributed by atoms with Gasteiger partial charge in [0.05, 0.1) is 18.0 Å². The molecule has 2 aromatic carbocycles. The number of ether oxygens (including phenoxy) is 1. The van der Waals surface area contributed by atoms with Gasteiger partial charge in [0.25, 0.3) is 0 Å². The summed E-state index contributed by atoms with van der Waals surface area (Å²) in [5.41, 5.74) is 0.948. The molecule has 3 nitrogen and oxygen atoms in total. The minimum absolute atomic E-state index is 0.373. The van der Waals surface area contributed by atoms with Gasteiger partial charge in [-0.3, -0.25) is 0 Å². The van der Waals surface area contributed by atoms with Crippen molar-refractivity contribution >= 4 is 17.5 Å². The van der Waals surface area contributed by atoms with Crippen molar-refractivity contribution in [1.82, 2.24) is 0 Å². The fourth-order valence-corrected chi connectivity index (χ4v) is 3.15. The maximum atomic E-state index is 13.2. The molecule has 0 unspecified atom stereocenters. The highest BCUT2D eigenvalue weighted by molar-refractivity contribution is 5.95. The smallest absolute Gasteiger partial charge is 0.418 e. The Bertz CT molecular complexity index is 649. The van der Waals surface area contributed by atoms with Crippen LogP contribution in [-0.4, -0.2) is 12.7 Å². The van der Waals surface area contributed by atoms with E-state index in [9.17, 15) is 13.6 Å². The van der Waals surface area contributed by atoms with Gasteiger partial charge in [-0.15, -0.1) is 0 Å². The first-order chi connectivity index (χ1) is 12.1. The summed E-state index contributed by atoms with van der Waals surface area (Å²) in [6, 6.07) is 11.1. The van der Waals surface area contributed by atoms with Crippen molar-refractivity contribution in [3.8, 4) is 0 Å². The molecule has 5 heteroatoms. The Morgan fingerprint density at radius 2 is 1.36 bits per heavy atom. The van der Waals surface area contributed by atoms with Gasteiger partial charge < -0.3 is 4.74 Å². The first kappa shape index (κ1) is 17.4. The van der Waals surface area contributed by atoms with E-state index in [1.807, 2.05) is 0 Å². The molecule has 0 aromatic heterocycles. The molecule has 132 valence electrons. The van der Waals surface area contributed by atoms with E-state index in [1.165, 1.54) is 72.7 Å². The summed E-state index contributed by atoms with van der Waals surface area (Å²) in [4.78, 5) is 14.0. The third kappa shape index (κ3) is 4.56. The van der Waals surface area contributed by atoms with Gasteiger partial charge in [-0.25, -0.2) is 18.5 Å². The van der Waals surface area contributed by atoms with Crippen molar-refractivity contribution in [2.75, 3.05) is 11.5 Å². The average Bonchev–Trinajstić information content (AvgIpc) is 2.64. The number of amides is 1. The molecule has 1 fully saturated rings. The second-order valence-corrected chi connectivity index (χ2v) is 6.37. The molecule has 0 aliphatic heterocycles. The predicted octanol–water partition coefficient (Wildman–Crippen LogP) is 5.82. The molecule has 1 aliphatic rings. The monoisotopic (exact) mass is 345 g/mol. The van der Waals surface area contributed by atoms with E-state index in [-0.39, 0.29) is 0 Å². The number of hydrogen-bond acceptors (Lipinski definition) is 2. The van der Waals surface area contributed by atoms with Crippen LogP contribution in [0.4, 0.5) is 25.0 Å². The zero-order valence-corrected chi connectivity index (χ0v) is 14.0. The van der Waals surface area contributed by atoms with Crippen LogP contribution in [0.3, 0.4) is 0 Å². The van der Waals surface area contributed by atoms with Crippen LogP contribution in [0.15, 0.2) is 48.5 Å². The molecule has 0 N–H and O–H groups in total. The summed E-state index contributed by atoms with van der Waals surface area (Å²) in [6.07, 6.45) is 5.18. The Labute approximate surface area is 146 Å². The molecule has 0 saturated heterocycles. The highest BCUT2D eigenvalue weighted by atomic mass is 19.1. The number of benzene rings is 2. The first-order valence-electron chi connectivity index (χ1n) is 8.61. The maximum Gasteiger partial charge on any atom is 0.418 e. The van der Waals surface area contributed by atoms with Crippen LogP contribution >= 0.6 is 0 Å². The van der Waals surface area contributed by atoms with Gasteiger partial charge >= 0.3 is 6.09 Å². The Morgan fingerprint density at radius 3 is 1.84 bits per heavy atom. The van der Waals surface area contributed by atoms with Gasteiger partial charge in [-0.1, -0.05) is 19.3 Å². The minimum Gasteiger partial charge on any atom is -0.449 e. The zero-order valence-electron chi connectivity index (χ0n) is 14.0. The van der Waals surface area contributed by atoms with Crippen molar-refractivity contribution in [3.05, 3.63) is 60.2 Å². The Hall–Kier alpha value is -2.43. The number of halogens is 2. The molecule has 25 heavy (non-hydrogen) atoms. The predicted molar refractivity (Wildman–Crippen MR) is 92.9 cm³/mol. The maximum absolute atomic E-state index is 13.2. The lowest BCUT2D eigenvalue weighted by Crippen LogP contribution is -2.29. The molecular formula is C20H21F2NO2. The van der Waals surface area contributed by atoms with Crippen LogP contribution < -0.4 is 4.90 Å². The molecule has 0 heterocycles. The summed E-state index contributed by atoms with van der Waals surface area (Å²) in [6.45, 7) is 0.373. The molecule has 0 spiro atoms. The van der Waals surface area contributed by atoms with Crippen molar-refractivity contribution in [2.24, 2.45) is 5.92 Å². The topological polar surface area (TPSA) is 29.5 Å². The van der Waals surface area contributed by atoms with Crippen LogP contribution in [-0.2, 0) is 4.74 Å². The van der Waals surface area contributed by atoms with Crippen LogP contribution in [0.1, 0.15) is 32.1 Å². The fourth-order valence-electron chi connectivity index (χ4n) is 3.15. The van der Waals surface area contributed by atoms with Crippen molar-refractivity contribution in [3.63, 3.8) is 0 Å². The molecule has 1 saturated carbocycles. The molecule has 2 aromatic rings. The lowest BCUT2D eigenvalue weighted by atomic mass is 9.90.